The van der Waals surface area contributed by atoms with Crippen LogP contribution in [-0.2, 0) is 35.6 Å². The summed E-state index contributed by atoms with van der Waals surface area (Å²) < 4.78 is 83.1. The number of carboxylic acid groups (broad SMARTS) is 1. The van der Waals surface area contributed by atoms with E-state index in [-0.39, 0.29) is 31.7 Å². The molecule has 19 heteroatoms. The van der Waals surface area contributed by atoms with Crippen LogP contribution in [0.2, 0.25) is 0 Å². The third-order valence-corrected chi connectivity index (χ3v) is 15.6. The predicted octanol–water partition coefficient (Wildman–Crippen LogP) is 5.11. The first kappa shape index (κ1) is 45.3. The van der Waals surface area contributed by atoms with Crippen molar-refractivity contribution in [1.29, 1.82) is 0 Å². The number of allylic oxidation sites excluding steroid dienone is 1. The highest BCUT2D eigenvalue weighted by Crippen LogP contribution is 2.48. The van der Waals surface area contributed by atoms with Crippen molar-refractivity contribution < 1.29 is 60.4 Å². The maximum Gasteiger partial charge on any atom is 0.408 e. The molecule has 62 heavy (non-hydrogen) atoms. The number of hydrogen-bond acceptors (Lipinski definition) is 11. The molecule has 0 bridgehead atoms. The van der Waals surface area contributed by atoms with E-state index < -0.39 is 91.9 Å². The van der Waals surface area contributed by atoms with Gasteiger partial charge in [0.2, 0.25) is 33.6 Å². The zero-order valence-corrected chi connectivity index (χ0v) is 37.0. The van der Waals surface area contributed by atoms with E-state index in [1.54, 1.807) is 45.2 Å². The van der Waals surface area contributed by atoms with Crippen LogP contribution in [0.4, 0.5) is 13.6 Å². The molecule has 5 aliphatic rings. The number of rotatable bonds is 10. The van der Waals surface area contributed by atoms with E-state index in [1.165, 1.54) is 6.92 Å². The van der Waals surface area contributed by atoms with Gasteiger partial charge in [-0.2, -0.15) is 4.98 Å². The summed E-state index contributed by atoms with van der Waals surface area (Å²) in [4.78, 5) is 63.7. The van der Waals surface area contributed by atoms with E-state index in [1.807, 2.05) is 6.07 Å². The Morgan fingerprint density at radius 1 is 1.18 bits per heavy atom. The quantitative estimate of drug-likeness (QED) is 0.267. The van der Waals surface area contributed by atoms with E-state index >= 15 is 13.6 Å². The smallest absolute Gasteiger partial charge is 0.408 e. The average Bonchev–Trinajstić information content (AvgIpc) is 4.09. The van der Waals surface area contributed by atoms with E-state index in [4.69, 9.17) is 23.9 Å². The fourth-order valence-corrected chi connectivity index (χ4v) is 10.1. The number of aromatic nitrogens is 1. The van der Waals surface area contributed by atoms with Gasteiger partial charge in [-0.25, -0.2) is 22.0 Å². The van der Waals surface area contributed by atoms with E-state index in [9.17, 15) is 27.9 Å². The van der Waals surface area contributed by atoms with Crippen LogP contribution in [0.1, 0.15) is 98.5 Å². The summed E-state index contributed by atoms with van der Waals surface area (Å²) in [6.45, 7) is 7.62. The van der Waals surface area contributed by atoms with Crippen LogP contribution < -0.4 is 24.2 Å². The number of fused-ring (bicyclic) bond motifs is 5. The lowest BCUT2D eigenvalue weighted by Crippen LogP contribution is -2.68. The molecule has 2 aliphatic carbocycles. The minimum atomic E-state index is -4.12. The third kappa shape index (κ3) is 8.26. The first-order chi connectivity index (χ1) is 29.1. The largest absolute Gasteiger partial charge is 0.497 e. The molecule has 1 aromatic carbocycles. The van der Waals surface area contributed by atoms with Gasteiger partial charge in [-0.05, 0) is 103 Å². The monoisotopic (exact) mass is 889 g/mol. The number of ether oxygens (including phenoxy) is 4. The molecule has 4 heterocycles. The number of methoxy groups -OCH3 is 1. The number of hydrogen-bond donors (Lipinski definition) is 3. The molecule has 0 radical (unpaired) electrons. The summed E-state index contributed by atoms with van der Waals surface area (Å²) in [5.74, 6) is -5.97. The highest BCUT2D eigenvalue weighted by molar-refractivity contribution is 7.91. The van der Waals surface area contributed by atoms with Gasteiger partial charge >= 0.3 is 6.09 Å². The standard InChI is InChI=1S/C43H57F2N5O11S/c1-8-32-33(50(39(54)55)40(3,4)42(6,44)45)37(52)49-23-27(61-36-29-16-15-26(58-7)20-30(29)28-14-11-19-59-35(28)46-36)21-31(49)34(51)47-43(22-25(43)13-10-9-12-24(2)60-32)38(53)48-62(56,57)41(5)17-18-41/h10,13,15-16,20,24-25,27,31-33H,8-9,11-12,14,17-19,21-23H2,1-7H3,(H,47,51)(H,48,53)(H,54,55)/b13-10-/t24-,25-,27-,31+,32+,33+,43-/m1/s1. The Bertz CT molecular complexity index is 2260. The lowest BCUT2D eigenvalue weighted by molar-refractivity contribution is -0.166. The van der Waals surface area contributed by atoms with Crippen molar-refractivity contribution in [2.75, 3.05) is 20.3 Å². The van der Waals surface area contributed by atoms with Gasteiger partial charge in [-0.3, -0.25) is 24.0 Å². The average molecular weight is 890 g/mol. The molecule has 7 rings (SSSR count). The highest BCUT2D eigenvalue weighted by Gasteiger charge is 2.64. The molecular formula is C43H57F2N5O11S. The fraction of sp³-hybridized carbons (Fsp3) is 0.651. The summed E-state index contributed by atoms with van der Waals surface area (Å²) in [6, 6.07) is 2.01. The number of nitrogens with one attached hydrogen (secondary N) is 2. The second-order valence-electron chi connectivity index (χ2n) is 18.1. The van der Waals surface area contributed by atoms with Crippen LogP contribution >= 0.6 is 0 Å². The zero-order valence-electron chi connectivity index (χ0n) is 36.2. The molecule has 1 saturated heterocycles. The van der Waals surface area contributed by atoms with Crippen LogP contribution in [0.25, 0.3) is 10.8 Å². The zero-order chi connectivity index (χ0) is 45.2. The van der Waals surface area contributed by atoms with Gasteiger partial charge in [-0.1, -0.05) is 19.1 Å². The molecule has 4 amide bonds. The Kier molecular flexibility index (Phi) is 12.0. The number of amides is 4. The van der Waals surface area contributed by atoms with E-state index in [2.05, 4.69) is 10.0 Å². The number of pyridine rings is 1. The van der Waals surface area contributed by atoms with Gasteiger partial charge < -0.3 is 34.3 Å². The Labute approximate surface area is 360 Å². The molecule has 3 N–H and O–H groups in total. The highest BCUT2D eigenvalue weighted by atomic mass is 32.2. The maximum absolute atomic E-state index is 15.5. The lowest BCUT2D eigenvalue weighted by atomic mass is 9.90. The van der Waals surface area contributed by atoms with E-state index in [0.717, 1.165) is 36.1 Å². The van der Waals surface area contributed by atoms with Crippen molar-refractivity contribution in [1.82, 2.24) is 24.8 Å². The number of aryl methyl sites for hydroxylation is 1. The molecule has 2 aromatic rings. The van der Waals surface area contributed by atoms with Gasteiger partial charge in [0.05, 0.1) is 37.2 Å². The minimum absolute atomic E-state index is 0.0314. The number of benzene rings is 1. The van der Waals surface area contributed by atoms with Crippen molar-refractivity contribution >= 4 is 44.6 Å². The molecule has 1 aromatic heterocycles. The predicted molar refractivity (Wildman–Crippen MR) is 222 cm³/mol. The normalized spacial score (nSPS) is 29.3. The molecule has 340 valence electrons. The Balaban J connectivity index is 1.32. The summed E-state index contributed by atoms with van der Waals surface area (Å²) >= 11 is 0. The number of halogens is 2. The second-order valence-corrected chi connectivity index (χ2v) is 20.3. The first-order valence-corrected chi connectivity index (χ1v) is 22.8. The second kappa shape index (κ2) is 16.4. The topological polar surface area (TPSA) is 203 Å². The fourth-order valence-electron chi connectivity index (χ4n) is 8.76. The molecule has 3 fully saturated rings. The minimum Gasteiger partial charge on any atom is -0.497 e. The molecular weight excluding hydrogens is 833 g/mol. The summed E-state index contributed by atoms with van der Waals surface area (Å²) in [5.41, 5.74) is -3.32. The number of sulfonamides is 1. The Morgan fingerprint density at radius 3 is 2.55 bits per heavy atom. The van der Waals surface area contributed by atoms with Gasteiger partial charge in [-0.15, -0.1) is 0 Å². The van der Waals surface area contributed by atoms with Gasteiger partial charge in [0, 0.05) is 30.2 Å². The molecule has 2 saturated carbocycles. The SMILES string of the molecule is CC[C@@H]1O[C@H](C)CC/C=C\[C@@H]2C[C@@]2(C(=O)NS(=O)(=O)C2(C)CC2)NC(=O)[C@@H]2C[C@@H](Oc3nc4c(c5cc(OC)ccc35)CCCO4)CN2C(=O)[C@H]1N(C(=O)O)C(C)(C)C(C)(F)F. The Morgan fingerprint density at radius 2 is 1.90 bits per heavy atom. The van der Waals surface area contributed by atoms with Crippen LogP contribution in [-0.4, -0.2) is 125 Å². The van der Waals surface area contributed by atoms with Crippen molar-refractivity contribution in [3.05, 3.63) is 35.9 Å². The first-order valence-electron chi connectivity index (χ1n) is 21.3. The van der Waals surface area contributed by atoms with Crippen LogP contribution in [0, 0.1) is 5.92 Å². The van der Waals surface area contributed by atoms with Gasteiger partial charge in [0.1, 0.15) is 35.0 Å². The molecule has 3 aliphatic heterocycles. The third-order valence-electron chi connectivity index (χ3n) is 13.5. The van der Waals surface area contributed by atoms with Crippen LogP contribution in [0.3, 0.4) is 0 Å². The maximum atomic E-state index is 15.5. The molecule has 0 spiro atoms. The summed E-state index contributed by atoms with van der Waals surface area (Å²) in [6.07, 6.45) is 1.70. The Hall–Kier alpha value is -4.78. The number of carbonyl (C=O) groups is 4. The summed E-state index contributed by atoms with van der Waals surface area (Å²) in [5, 5.41) is 14.9. The van der Waals surface area contributed by atoms with Crippen molar-refractivity contribution in [3.8, 4) is 17.5 Å². The molecule has 7 atom stereocenters. The molecule has 16 nitrogen and oxygen atoms in total. The van der Waals surface area contributed by atoms with Crippen LogP contribution in [0.15, 0.2) is 30.4 Å². The molecule has 0 unspecified atom stereocenters. The van der Waals surface area contributed by atoms with Gasteiger partial charge in [0.25, 0.3) is 11.8 Å². The number of nitrogens with zero attached hydrogens (tertiary/aromatic N) is 3. The van der Waals surface area contributed by atoms with Crippen molar-refractivity contribution in [3.63, 3.8) is 0 Å². The van der Waals surface area contributed by atoms with Gasteiger partial charge in [0.15, 0.2) is 0 Å². The lowest BCUT2D eigenvalue weighted by Gasteiger charge is -2.47. The summed E-state index contributed by atoms with van der Waals surface area (Å²) in [7, 11) is -2.58. The van der Waals surface area contributed by atoms with Crippen molar-refractivity contribution in [2.45, 2.75) is 151 Å². The number of carbonyl (C=O) groups excluding carboxylic acids is 3. The van der Waals surface area contributed by atoms with Crippen LogP contribution in [0.5, 0.6) is 17.5 Å². The number of alkyl halides is 2. The van der Waals surface area contributed by atoms with Crippen molar-refractivity contribution in [2.24, 2.45) is 5.92 Å². The van der Waals surface area contributed by atoms with E-state index in [0.29, 0.717) is 67.6 Å².